The largest absolute Gasteiger partial charge is 0.454 e. The van der Waals surface area contributed by atoms with Gasteiger partial charge in [-0.05, 0) is 42.3 Å². The van der Waals surface area contributed by atoms with Gasteiger partial charge in [-0.1, -0.05) is 48.5 Å². The number of nitriles is 1. The molecule has 35 heavy (non-hydrogen) atoms. The van der Waals surface area contributed by atoms with Gasteiger partial charge in [-0.3, -0.25) is 4.98 Å². The fourth-order valence-electron chi connectivity index (χ4n) is 4.79. The lowest BCUT2D eigenvalue weighted by Gasteiger charge is -2.06. The number of nitrogens with zero attached hydrogens (tertiary/aromatic N) is 3. The normalized spacial score (nSPS) is 11.1. The van der Waals surface area contributed by atoms with Crippen LogP contribution in [0.2, 0.25) is 0 Å². The Kier molecular flexibility index (Phi) is 4.90. The standard InChI is InChI=1S/C31H22N3O/c1-20-11-14-24-25-15-12-22(18-32)29(26-16-13-23(19-33-26)21-8-4-3-5-9-21)31(25)35-30(24)28(20)27-10-6-7-17-34(27)2/h3-17,19H,1-2H3/q+1. The maximum atomic E-state index is 9.94. The second-order valence-corrected chi connectivity index (χ2v) is 8.71. The van der Waals surface area contributed by atoms with Gasteiger partial charge in [0.15, 0.2) is 6.20 Å². The third-order valence-corrected chi connectivity index (χ3v) is 6.58. The van der Waals surface area contributed by atoms with E-state index in [0.29, 0.717) is 11.1 Å². The predicted octanol–water partition coefficient (Wildman–Crippen LogP) is 6.99. The molecule has 0 saturated heterocycles. The zero-order valence-electron chi connectivity index (χ0n) is 19.5. The summed E-state index contributed by atoms with van der Waals surface area (Å²) in [5.74, 6) is 0. The topological polar surface area (TPSA) is 53.7 Å². The molecule has 3 aromatic carbocycles. The van der Waals surface area contributed by atoms with E-state index in [1.54, 1.807) is 0 Å². The number of hydrogen-bond acceptors (Lipinski definition) is 3. The molecule has 0 fully saturated rings. The average Bonchev–Trinajstić information content (AvgIpc) is 3.28. The summed E-state index contributed by atoms with van der Waals surface area (Å²) < 4.78 is 8.71. The van der Waals surface area contributed by atoms with Crippen LogP contribution in [-0.4, -0.2) is 4.98 Å². The highest BCUT2D eigenvalue weighted by Gasteiger charge is 2.23. The molecule has 0 N–H and O–H groups in total. The van der Waals surface area contributed by atoms with E-state index in [4.69, 9.17) is 9.40 Å². The maximum Gasteiger partial charge on any atom is 0.216 e. The zero-order chi connectivity index (χ0) is 23.9. The van der Waals surface area contributed by atoms with Gasteiger partial charge in [0.05, 0.1) is 28.5 Å². The second kappa shape index (κ2) is 8.23. The van der Waals surface area contributed by atoms with Crippen molar-refractivity contribution >= 4 is 21.9 Å². The number of furan rings is 1. The van der Waals surface area contributed by atoms with E-state index < -0.39 is 0 Å². The molecule has 0 aliphatic heterocycles. The van der Waals surface area contributed by atoms with Crippen LogP contribution in [0, 0.1) is 18.3 Å². The van der Waals surface area contributed by atoms with E-state index in [0.717, 1.165) is 55.6 Å². The molecule has 6 rings (SSSR count). The minimum absolute atomic E-state index is 0.542. The summed E-state index contributed by atoms with van der Waals surface area (Å²) >= 11 is 0. The Morgan fingerprint density at radius 2 is 1.51 bits per heavy atom. The van der Waals surface area contributed by atoms with Gasteiger partial charge in [-0.15, -0.1) is 0 Å². The molecule has 0 bridgehead atoms. The van der Waals surface area contributed by atoms with Gasteiger partial charge >= 0.3 is 0 Å². The molecule has 0 atom stereocenters. The van der Waals surface area contributed by atoms with Crippen molar-refractivity contribution in [3.8, 4) is 39.7 Å². The average molecular weight is 453 g/mol. The van der Waals surface area contributed by atoms with Crippen LogP contribution in [0.1, 0.15) is 11.1 Å². The fourth-order valence-corrected chi connectivity index (χ4v) is 4.79. The first-order valence-corrected chi connectivity index (χ1v) is 11.5. The van der Waals surface area contributed by atoms with Gasteiger partial charge in [0, 0.05) is 34.7 Å². The number of hydrogen-bond donors (Lipinski definition) is 0. The van der Waals surface area contributed by atoms with Gasteiger partial charge in [0.25, 0.3) is 0 Å². The predicted molar refractivity (Wildman–Crippen MR) is 138 cm³/mol. The molecule has 166 valence electrons. The van der Waals surface area contributed by atoms with Crippen molar-refractivity contribution in [1.82, 2.24) is 4.98 Å². The van der Waals surface area contributed by atoms with Crippen LogP contribution in [0.25, 0.3) is 55.6 Å². The number of fused-ring (bicyclic) bond motifs is 3. The van der Waals surface area contributed by atoms with Gasteiger partial charge in [-0.2, -0.15) is 5.26 Å². The Hall–Kier alpha value is -4.75. The highest BCUT2D eigenvalue weighted by Crippen LogP contribution is 2.41. The Bertz CT molecular complexity index is 1760. The summed E-state index contributed by atoms with van der Waals surface area (Å²) in [5, 5.41) is 11.9. The molecule has 0 aliphatic rings. The summed E-state index contributed by atoms with van der Waals surface area (Å²) in [6.07, 6.45) is 3.89. The molecular weight excluding hydrogens is 430 g/mol. The molecule has 0 saturated carbocycles. The number of aromatic nitrogens is 2. The number of aryl methyl sites for hydroxylation is 2. The minimum atomic E-state index is 0.542. The zero-order valence-corrected chi connectivity index (χ0v) is 19.5. The summed E-state index contributed by atoms with van der Waals surface area (Å²) in [6.45, 7) is 2.10. The van der Waals surface area contributed by atoms with E-state index >= 15 is 0 Å². The van der Waals surface area contributed by atoms with Crippen molar-refractivity contribution in [2.24, 2.45) is 7.05 Å². The lowest BCUT2D eigenvalue weighted by Crippen LogP contribution is -2.30. The molecule has 0 radical (unpaired) electrons. The molecule has 4 nitrogen and oxygen atoms in total. The van der Waals surface area contributed by atoms with Crippen molar-refractivity contribution in [2.75, 3.05) is 0 Å². The van der Waals surface area contributed by atoms with Crippen LogP contribution in [0.15, 0.2) is 102 Å². The Morgan fingerprint density at radius 3 is 2.23 bits per heavy atom. The number of pyridine rings is 2. The molecule has 0 unspecified atom stereocenters. The molecule has 6 aromatic rings. The summed E-state index contributed by atoms with van der Waals surface area (Å²) in [6, 6.07) is 30.7. The lowest BCUT2D eigenvalue weighted by atomic mass is 9.98. The van der Waals surface area contributed by atoms with Crippen LogP contribution < -0.4 is 4.57 Å². The van der Waals surface area contributed by atoms with E-state index in [-0.39, 0.29) is 0 Å². The molecule has 0 amide bonds. The van der Waals surface area contributed by atoms with Gasteiger partial charge in [0.1, 0.15) is 18.2 Å². The quantitative estimate of drug-likeness (QED) is 0.272. The highest BCUT2D eigenvalue weighted by atomic mass is 16.3. The van der Waals surface area contributed by atoms with Crippen molar-refractivity contribution in [1.29, 1.82) is 5.26 Å². The van der Waals surface area contributed by atoms with Crippen molar-refractivity contribution in [3.05, 3.63) is 108 Å². The van der Waals surface area contributed by atoms with E-state index in [1.165, 1.54) is 0 Å². The van der Waals surface area contributed by atoms with Crippen molar-refractivity contribution in [3.63, 3.8) is 0 Å². The molecule has 3 heterocycles. The molecule has 4 heteroatoms. The molecule has 0 aliphatic carbocycles. The first-order valence-electron chi connectivity index (χ1n) is 11.5. The van der Waals surface area contributed by atoms with Crippen LogP contribution in [0.5, 0.6) is 0 Å². The molecular formula is C31H22N3O+. The smallest absolute Gasteiger partial charge is 0.216 e. The van der Waals surface area contributed by atoms with Gasteiger partial charge in [-0.25, -0.2) is 4.57 Å². The highest BCUT2D eigenvalue weighted by molar-refractivity contribution is 6.13. The van der Waals surface area contributed by atoms with Gasteiger partial charge < -0.3 is 4.42 Å². The van der Waals surface area contributed by atoms with Crippen molar-refractivity contribution in [2.45, 2.75) is 6.92 Å². The molecule has 0 spiro atoms. The number of rotatable bonds is 3. The fraction of sp³-hybridized carbons (Fsp3) is 0.0645. The van der Waals surface area contributed by atoms with E-state index in [9.17, 15) is 5.26 Å². The van der Waals surface area contributed by atoms with Gasteiger partial charge in [0.2, 0.25) is 5.69 Å². The Morgan fingerprint density at radius 1 is 0.771 bits per heavy atom. The maximum absolute atomic E-state index is 9.94. The minimum Gasteiger partial charge on any atom is -0.454 e. The van der Waals surface area contributed by atoms with Crippen LogP contribution in [0.3, 0.4) is 0 Å². The SMILES string of the molecule is Cc1ccc2c(oc3c(-c4ccc(-c5ccccc5)cn4)c(C#N)ccc32)c1-c1cccc[n+]1C. The van der Waals surface area contributed by atoms with Crippen LogP contribution in [-0.2, 0) is 7.05 Å². The summed E-state index contributed by atoms with van der Waals surface area (Å²) in [5.41, 5.74) is 8.87. The first kappa shape index (κ1) is 20.8. The monoisotopic (exact) mass is 452 g/mol. The Balaban J connectivity index is 1.61. The molecule has 3 aromatic heterocycles. The van der Waals surface area contributed by atoms with Crippen molar-refractivity contribution < 1.29 is 8.98 Å². The summed E-state index contributed by atoms with van der Waals surface area (Å²) in [4.78, 5) is 4.75. The third-order valence-electron chi connectivity index (χ3n) is 6.58. The first-order chi connectivity index (χ1) is 17.2. The Labute approximate surface area is 203 Å². The van der Waals surface area contributed by atoms with Crippen LogP contribution >= 0.6 is 0 Å². The van der Waals surface area contributed by atoms with Crippen LogP contribution in [0.4, 0.5) is 0 Å². The summed E-state index contributed by atoms with van der Waals surface area (Å²) in [7, 11) is 2.04. The number of benzene rings is 3. The van der Waals surface area contributed by atoms with E-state index in [2.05, 4.69) is 47.9 Å². The van der Waals surface area contributed by atoms with E-state index in [1.807, 2.05) is 74.0 Å². The third kappa shape index (κ3) is 3.37. The lowest BCUT2D eigenvalue weighted by molar-refractivity contribution is -0.660. The second-order valence-electron chi connectivity index (χ2n) is 8.71.